The van der Waals surface area contributed by atoms with E-state index in [-0.39, 0.29) is 11.7 Å². The summed E-state index contributed by atoms with van der Waals surface area (Å²) in [6.45, 7) is 2.43. The van der Waals surface area contributed by atoms with Crippen LogP contribution in [0, 0.1) is 5.82 Å². The third kappa shape index (κ3) is 2.90. The van der Waals surface area contributed by atoms with Gasteiger partial charge in [0, 0.05) is 32.2 Å². The molecule has 5 nitrogen and oxygen atoms in total. The zero-order valence-electron chi connectivity index (χ0n) is 15.3. The molecule has 5 rings (SSSR count). The lowest BCUT2D eigenvalue weighted by Gasteiger charge is -2.37. The van der Waals surface area contributed by atoms with Gasteiger partial charge >= 0.3 is 0 Å². The summed E-state index contributed by atoms with van der Waals surface area (Å²) in [5.74, 6) is 0.616. The lowest BCUT2D eigenvalue weighted by Crippen LogP contribution is -2.51. The van der Waals surface area contributed by atoms with Crippen LogP contribution in [0.3, 0.4) is 0 Å². The number of carbonyl (C=O) groups is 1. The SMILES string of the molecule is O=C(N1CCN(c2ccccc2F)CC1)C1(c2cc(-c3cccs3)on2)CC1. The number of carbonyl (C=O) groups excluding carboxylic acids is 1. The minimum Gasteiger partial charge on any atom is -0.366 e. The fraction of sp³-hybridized carbons (Fsp3) is 0.333. The first kappa shape index (κ1) is 17.4. The van der Waals surface area contributed by atoms with Gasteiger partial charge in [0.1, 0.15) is 5.82 Å². The minimum atomic E-state index is -0.542. The fourth-order valence-corrected chi connectivity index (χ4v) is 4.57. The molecule has 1 aromatic carbocycles. The molecule has 2 aliphatic rings. The molecule has 0 N–H and O–H groups in total. The number of hydrogen-bond donors (Lipinski definition) is 0. The Balaban J connectivity index is 1.29. The Bertz CT molecular complexity index is 989. The first-order valence-electron chi connectivity index (χ1n) is 9.47. The van der Waals surface area contributed by atoms with Crippen LogP contribution in [0.4, 0.5) is 10.1 Å². The summed E-state index contributed by atoms with van der Waals surface area (Å²) in [6, 6.07) is 12.7. The van der Waals surface area contributed by atoms with Gasteiger partial charge in [0.2, 0.25) is 5.91 Å². The average Bonchev–Trinajstić information content (AvgIpc) is 3.13. The van der Waals surface area contributed by atoms with Crippen LogP contribution in [0.25, 0.3) is 10.6 Å². The smallest absolute Gasteiger partial charge is 0.235 e. The van der Waals surface area contributed by atoms with Gasteiger partial charge in [0.25, 0.3) is 0 Å². The van der Waals surface area contributed by atoms with Gasteiger partial charge in [-0.3, -0.25) is 4.79 Å². The molecule has 1 aliphatic heterocycles. The zero-order chi connectivity index (χ0) is 19.1. The molecule has 7 heteroatoms. The predicted molar refractivity (Wildman–Crippen MR) is 106 cm³/mol. The van der Waals surface area contributed by atoms with Gasteiger partial charge in [-0.2, -0.15) is 0 Å². The van der Waals surface area contributed by atoms with Crippen molar-refractivity contribution in [1.29, 1.82) is 0 Å². The van der Waals surface area contributed by atoms with Crippen LogP contribution in [0.5, 0.6) is 0 Å². The van der Waals surface area contributed by atoms with Crippen LogP contribution in [0.1, 0.15) is 18.5 Å². The van der Waals surface area contributed by atoms with Gasteiger partial charge in [-0.15, -0.1) is 11.3 Å². The molecule has 3 heterocycles. The molecule has 28 heavy (non-hydrogen) atoms. The second-order valence-electron chi connectivity index (χ2n) is 7.37. The summed E-state index contributed by atoms with van der Waals surface area (Å²) in [7, 11) is 0. The first-order valence-corrected chi connectivity index (χ1v) is 10.4. The van der Waals surface area contributed by atoms with Crippen molar-refractivity contribution in [2.24, 2.45) is 0 Å². The molecule has 1 aliphatic carbocycles. The third-order valence-corrected chi connectivity index (χ3v) is 6.57. The highest BCUT2D eigenvalue weighted by atomic mass is 32.1. The van der Waals surface area contributed by atoms with Crippen molar-refractivity contribution >= 4 is 22.9 Å². The van der Waals surface area contributed by atoms with Crippen molar-refractivity contribution in [2.75, 3.05) is 31.1 Å². The molecular formula is C21H20FN3O2S. The Labute approximate surface area is 166 Å². The molecular weight excluding hydrogens is 377 g/mol. The van der Waals surface area contributed by atoms with Gasteiger partial charge in [-0.25, -0.2) is 4.39 Å². The van der Waals surface area contributed by atoms with Crippen LogP contribution in [0.15, 0.2) is 52.4 Å². The molecule has 0 atom stereocenters. The van der Waals surface area contributed by atoms with Crippen LogP contribution >= 0.6 is 11.3 Å². The number of nitrogens with zero attached hydrogens (tertiary/aromatic N) is 3. The summed E-state index contributed by atoms with van der Waals surface area (Å²) >= 11 is 1.59. The molecule has 0 spiro atoms. The van der Waals surface area contributed by atoms with Crippen molar-refractivity contribution in [3.05, 3.63) is 59.4 Å². The molecule has 1 amide bonds. The second-order valence-corrected chi connectivity index (χ2v) is 8.31. The van der Waals surface area contributed by atoms with Gasteiger partial charge in [-0.1, -0.05) is 23.4 Å². The van der Waals surface area contributed by atoms with E-state index < -0.39 is 5.41 Å². The highest BCUT2D eigenvalue weighted by Gasteiger charge is 2.55. The Morgan fingerprint density at radius 3 is 2.57 bits per heavy atom. The van der Waals surface area contributed by atoms with Crippen LogP contribution in [-0.2, 0) is 10.2 Å². The van der Waals surface area contributed by atoms with Gasteiger partial charge < -0.3 is 14.3 Å². The normalized spacial score (nSPS) is 18.3. The van der Waals surface area contributed by atoms with Crippen LogP contribution < -0.4 is 4.90 Å². The molecule has 0 radical (unpaired) electrons. The summed E-state index contributed by atoms with van der Waals surface area (Å²) in [6.07, 6.45) is 1.60. The maximum Gasteiger partial charge on any atom is 0.235 e. The van der Waals surface area contributed by atoms with Crippen molar-refractivity contribution in [3.63, 3.8) is 0 Å². The Kier molecular flexibility index (Phi) is 4.19. The minimum absolute atomic E-state index is 0.117. The summed E-state index contributed by atoms with van der Waals surface area (Å²) in [5.41, 5.74) is 0.796. The number of hydrogen-bond acceptors (Lipinski definition) is 5. The standard InChI is InChI=1S/C21H20FN3O2S/c22-15-4-1-2-5-16(15)24-9-11-25(12-10-24)20(26)21(7-8-21)19-14-17(27-23-19)18-6-3-13-28-18/h1-6,13-14H,7-12H2. The molecule has 144 valence electrons. The highest BCUT2D eigenvalue weighted by molar-refractivity contribution is 7.13. The second kappa shape index (κ2) is 6.74. The van der Waals surface area contributed by atoms with Crippen LogP contribution in [-0.4, -0.2) is 42.1 Å². The number of rotatable bonds is 4. The number of para-hydroxylation sites is 1. The van der Waals surface area contributed by atoms with E-state index in [4.69, 9.17) is 4.52 Å². The van der Waals surface area contributed by atoms with Crippen molar-refractivity contribution in [2.45, 2.75) is 18.3 Å². The summed E-state index contributed by atoms with van der Waals surface area (Å²) in [4.78, 5) is 18.2. The number of anilines is 1. The van der Waals surface area contributed by atoms with E-state index in [9.17, 15) is 9.18 Å². The fourth-order valence-electron chi connectivity index (χ4n) is 3.90. The molecule has 1 saturated carbocycles. The zero-order valence-corrected chi connectivity index (χ0v) is 16.1. The van der Waals surface area contributed by atoms with E-state index in [0.29, 0.717) is 37.6 Å². The van der Waals surface area contributed by atoms with E-state index in [2.05, 4.69) is 5.16 Å². The lowest BCUT2D eigenvalue weighted by atomic mass is 9.99. The quantitative estimate of drug-likeness (QED) is 0.670. The monoisotopic (exact) mass is 397 g/mol. The summed E-state index contributed by atoms with van der Waals surface area (Å²) < 4.78 is 19.5. The lowest BCUT2D eigenvalue weighted by molar-refractivity contribution is -0.134. The Hall–Kier alpha value is -2.67. The summed E-state index contributed by atoms with van der Waals surface area (Å²) in [5, 5.41) is 6.21. The molecule has 3 aromatic rings. The highest BCUT2D eigenvalue weighted by Crippen LogP contribution is 2.50. The topological polar surface area (TPSA) is 49.6 Å². The van der Waals surface area contributed by atoms with Crippen molar-refractivity contribution < 1.29 is 13.7 Å². The average molecular weight is 397 g/mol. The van der Waals surface area contributed by atoms with Crippen molar-refractivity contribution in [3.8, 4) is 10.6 Å². The van der Waals surface area contributed by atoms with Gasteiger partial charge in [0.05, 0.1) is 21.7 Å². The van der Waals surface area contributed by atoms with E-state index in [0.717, 1.165) is 23.4 Å². The van der Waals surface area contributed by atoms with Crippen LogP contribution in [0.2, 0.25) is 0 Å². The number of aromatic nitrogens is 1. The molecule has 0 unspecified atom stereocenters. The molecule has 0 bridgehead atoms. The first-order chi connectivity index (χ1) is 13.7. The largest absolute Gasteiger partial charge is 0.366 e. The van der Waals surface area contributed by atoms with Gasteiger partial charge in [0.15, 0.2) is 5.76 Å². The molecule has 2 aromatic heterocycles. The number of piperazine rings is 1. The Morgan fingerprint density at radius 2 is 1.89 bits per heavy atom. The number of thiophene rings is 1. The number of amides is 1. The van der Waals surface area contributed by atoms with E-state index >= 15 is 0 Å². The third-order valence-electron chi connectivity index (χ3n) is 5.68. The maximum atomic E-state index is 14.0. The molecule has 1 saturated heterocycles. The van der Waals surface area contributed by atoms with E-state index in [1.807, 2.05) is 39.4 Å². The van der Waals surface area contributed by atoms with E-state index in [1.54, 1.807) is 23.5 Å². The maximum absolute atomic E-state index is 14.0. The Morgan fingerprint density at radius 1 is 1.11 bits per heavy atom. The van der Waals surface area contributed by atoms with Gasteiger partial charge in [-0.05, 0) is 36.4 Å². The number of benzene rings is 1. The number of halogens is 1. The molecule has 2 fully saturated rings. The van der Waals surface area contributed by atoms with Crippen molar-refractivity contribution in [1.82, 2.24) is 10.1 Å². The predicted octanol–water partition coefficient (Wildman–Crippen LogP) is 3.92. The van der Waals surface area contributed by atoms with E-state index in [1.165, 1.54) is 6.07 Å².